The van der Waals surface area contributed by atoms with Crippen LogP contribution in [0, 0.1) is 0 Å². The number of amides is 2. The highest BCUT2D eigenvalue weighted by atomic mass is 16.3. The molecule has 0 N–H and O–H groups in total. The van der Waals surface area contributed by atoms with E-state index in [1.165, 1.54) is 6.07 Å². The standard InChI is InChI=1S/C20H19N5O4/c26-16-8-18(29-17-5-2-1-4-15(16)17)20(28)24-11-14(12-24)25-10-13(21-22-25)9-23-7-3-6-19(23)27/h1-2,4-5,8,10,14H,3,6-7,9,11-12H2. The normalized spacial score (nSPS) is 17.2. The number of rotatable bonds is 4. The van der Waals surface area contributed by atoms with E-state index >= 15 is 0 Å². The molecule has 2 aromatic heterocycles. The molecule has 3 aromatic rings. The summed E-state index contributed by atoms with van der Waals surface area (Å²) in [6.07, 6.45) is 3.31. The highest BCUT2D eigenvalue weighted by Gasteiger charge is 2.35. The van der Waals surface area contributed by atoms with Gasteiger partial charge in [-0.25, -0.2) is 4.68 Å². The van der Waals surface area contributed by atoms with Crippen LogP contribution in [-0.2, 0) is 11.3 Å². The fraction of sp³-hybridized carbons (Fsp3) is 0.350. The molecule has 9 nitrogen and oxygen atoms in total. The Morgan fingerprint density at radius 2 is 2.03 bits per heavy atom. The van der Waals surface area contributed by atoms with Gasteiger partial charge in [-0.1, -0.05) is 17.3 Å². The molecule has 0 atom stereocenters. The Labute approximate surface area is 165 Å². The van der Waals surface area contributed by atoms with Crippen molar-refractivity contribution in [3.05, 3.63) is 58.2 Å². The largest absolute Gasteiger partial charge is 0.451 e. The van der Waals surface area contributed by atoms with Crippen molar-refractivity contribution in [3.63, 3.8) is 0 Å². The number of para-hydroxylation sites is 1. The maximum absolute atomic E-state index is 12.7. The van der Waals surface area contributed by atoms with Gasteiger partial charge in [-0.2, -0.15) is 0 Å². The highest BCUT2D eigenvalue weighted by Crippen LogP contribution is 2.24. The van der Waals surface area contributed by atoms with E-state index in [2.05, 4.69) is 10.3 Å². The van der Waals surface area contributed by atoms with Crippen LogP contribution in [-0.4, -0.2) is 56.2 Å². The van der Waals surface area contributed by atoms with Gasteiger partial charge in [0.15, 0.2) is 11.2 Å². The first-order valence-electron chi connectivity index (χ1n) is 9.59. The second kappa shape index (κ2) is 6.84. The number of hydrogen-bond donors (Lipinski definition) is 0. The Hall–Kier alpha value is -3.49. The molecule has 0 aliphatic carbocycles. The molecule has 2 amide bonds. The average molecular weight is 393 g/mol. The van der Waals surface area contributed by atoms with Crippen LogP contribution in [0.1, 0.15) is 35.1 Å². The maximum atomic E-state index is 12.7. The molecule has 0 unspecified atom stereocenters. The van der Waals surface area contributed by atoms with Gasteiger partial charge in [-0.05, 0) is 18.6 Å². The number of fused-ring (bicyclic) bond motifs is 1. The van der Waals surface area contributed by atoms with Crippen LogP contribution in [0.25, 0.3) is 11.0 Å². The van der Waals surface area contributed by atoms with Crippen molar-refractivity contribution >= 4 is 22.8 Å². The quantitative estimate of drug-likeness (QED) is 0.660. The van der Waals surface area contributed by atoms with Crippen molar-refractivity contribution in [1.29, 1.82) is 0 Å². The van der Waals surface area contributed by atoms with Gasteiger partial charge in [-0.15, -0.1) is 5.10 Å². The van der Waals surface area contributed by atoms with Gasteiger partial charge in [-0.3, -0.25) is 14.4 Å². The third-order valence-electron chi connectivity index (χ3n) is 5.45. The predicted octanol–water partition coefficient (Wildman–Crippen LogP) is 1.20. The van der Waals surface area contributed by atoms with Crippen molar-refractivity contribution < 1.29 is 14.0 Å². The molecule has 5 rings (SSSR count). The molecule has 0 spiro atoms. The lowest BCUT2D eigenvalue weighted by atomic mass is 10.1. The minimum atomic E-state index is -0.313. The summed E-state index contributed by atoms with van der Waals surface area (Å²) in [6, 6.07) is 8.13. The fourth-order valence-electron chi connectivity index (χ4n) is 3.78. The number of likely N-dealkylation sites (tertiary alicyclic amines) is 2. The Bertz CT molecular complexity index is 1160. The van der Waals surface area contributed by atoms with E-state index in [0.29, 0.717) is 37.0 Å². The van der Waals surface area contributed by atoms with Crippen LogP contribution >= 0.6 is 0 Å². The van der Waals surface area contributed by atoms with Gasteiger partial charge in [0.1, 0.15) is 11.3 Å². The van der Waals surface area contributed by atoms with Crippen LogP contribution in [0.4, 0.5) is 0 Å². The first-order chi connectivity index (χ1) is 14.1. The van der Waals surface area contributed by atoms with Gasteiger partial charge < -0.3 is 14.2 Å². The number of benzene rings is 1. The molecule has 0 radical (unpaired) electrons. The van der Waals surface area contributed by atoms with Crippen LogP contribution in [0.5, 0.6) is 0 Å². The summed E-state index contributed by atoms with van der Waals surface area (Å²) in [7, 11) is 0. The first-order valence-corrected chi connectivity index (χ1v) is 9.59. The van der Waals surface area contributed by atoms with Crippen LogP contribution in [0.3, 0.4) is 0 Å². The molecule has 9 heteroatoms. The monoisotopic (exact) mass is 393 g/mol. The van der Waals surface area contributed by atoms with Gasteiger partial charge in [0.05, 0.1) is 24.2 Å². The lowest BCUT2D eigenvalue weighted by Crippen LogP contribution is -2.51. The van der Waals surface area contributed by atoms with Gasteiger partial charge in [0, 0.05) is 32.1 Å². The Morgan fingerprint density at radius 1 is 1.21 bits per heavy atom. The molecule has 0 saturated carbocycles. The van der Waals surface area contributed by atoms with Crippen molar-refractivity contribution in [2.45, 2.75) is 25.4 Å². The van der Waals surface area contributed by atoms with Gasteiger partial charge in [0.25, 0.3) is 5.91 Å². The van der Waals surface area contributed by atoms with Gasteiger partial charge in [0.2, 0.25) is 5.91 Å². The topological polar surface area (TPSA) is 102 Å². The van der Waals surface area contributed by atoms with Crippen molar-refractivity contribution in [3.8, 4) is 0 Å². The number of nitrogens with zero attached hydrogens (tertiary/aromatic N) is 5. The smallest absolute Gasteiger partial charge is 0.289 e. The molecular formula is C20H19N5O4. The van der Waals surface area contributed by atoms with E-state index in [9.17, 15) is 14.4 Å². The summed E-state index contributed by atoms with van der Waals surface area (Å²) in [5, 5.41) is 8.75. The predicted molar refractivity (Wildman–Crippen MR) is 102 cm³/mol. The third kappa shape index (κ3) is 3.18. The van der Waals surface area contributed by atoms with Crippen LogP contribution < -0.4 is 5.43 Å². The zero-order valence-corrected chi connectivity index (χ0v) is 15.7. The van der Waals surface area contributed by atoms with Crippen LogP contribution in [0.2, 0.25) is 0 Å². The second-order valence-corrected chi connectivity index (χ2v) is 7.44. The molecule has 2 aliphatic rings. The molecule has 0 bridgehead atoms. The molecular weight excluding hydrogens is 374 g/mol. The highest BCUT2D eigenvalue weighted by molar-refractivity contribution is 5.93. The van der Waals surface area contributed by atoms with E-state index in [0.717, 1.165) is 18.7 Å². The fourth-order valence-corrected chi connectivity index (χ4v) is 3.78. The van der Waals surface area contributed by atoms with Gasteiger partial charge >= 0.3 is 0 Å². The third-order valence-corrected chi connectivity index (χ3v) is 5.45. The molecule has 4 heterocycles. The second-order valence-electron chi connectivity index (χ2n) is 7.44. The van der Waals surface area contributed by atoms with Crippen molar-refractivity contribution in [1.82, 2.24) is 24.8 Å². The minimum absolute atomic E-state index is 0.0154. The van der Waals surface area contributed by atoms with Crippen molar-refractivity contribution in [2.75, 3.05) is 19.6 Å². The molecule has 29 heavy (non-hydrogen) atoms. The lowest BCUT2D eigenvalue weighted by Gasteiger charge is -2.38. The van der Waals surface area contributed by atoms with Crippen molar-refractivity contribution in [2.24, 2.45) is 0 Å². The average Bonchev–Trinajstić information content (AvgIpc) is 3.30. The zero-order valence-electron chi connectivity index (χ0n) is 15.7. The molecule has 2 aliphatic heterocycles. The SMILES string of the molecule is O=C1CCCN1Cc1cn(C2CN(C(=O)c3cc(=O)c4ccccc4o3)C2)nn1. The lowest BCUT2D eigenvalue weighted by molar-refractivity contribution is -0.128. The summed E-state index contributed by atoms with van der Waals surface area (Å²) in [5.41, 5.74) is 0.910. The number of carbonyl (C=O) groups excluding carboxylic acids is 2. The van der Waals surface area contributed by atoms with E-state index < -0.39 is 0 Å². The molecule has 1 aromatic carbocycles. The molecule has 2 fully saturated rings. The van der Waals surface area contributed by atoms with E-state index in [1.54, 1.807) is 38.7 Å². The summed E-state index contributed by atoms with van der Waals surface area (Å²) >= 11 is 0. The number of carbonyl (C=O) groups is 2. The Kier molecular flexibility index (Phi) is 4.15. The Morgan fingerprint density at radius 3 is 2.83 bits per heavy atom. The number of aromatic nitrogens is 3. The minimum Gasteiger partial charge on any atom is -0.451 e. The first kappa shape index (κ1) is 17.6. The van der Waals surface area contributed by atoms with E-state index in [1.807, 2.05) is 6.20 Å². The maximum Gasteiger partial charge on any atom is 0.289 e. The molecule has 2 saturated heterocycles. The Balaban J connectivity index is 1.25. The zero-order chi connectivity index (χ0) is 20.0. The van der Waals surface area contributed by atoms with E-state index in [4.69, 9.17) is 4.42 Å². The summed E-state index contributed by atoms with van der Waals surface area (Å²) in [4.78, 5) is 40.0. The molecule has 148 valence electrons. The number of hydrogen-bond acceptors (Lipinski definition) is 6. The van der Waals surface area contributed by atoms with Crippen LogP contribution in [0.15, 0.2) is 45.7 Å². The summed E-state index contributed by atoms with van der Waals surface area (Å²) in [5.74, 6) is -0.122. The summed E-state index contributed by atoms with van der Waals surface area (Å²) in [6.45, 7) is 2.15. The van der Waals surface area contributed by atoms with E-state index in [-0.39, 0.29) is 29.0 Å². The summed E-state index contributed by atoms with van der Waals surface area (Å²) < 4.78 is 7.36.